The molecule has 3 fully saturated rings. The van der Waals surface area contributed by atoms with Crippen LogP contribution in [0.25, 0.3) is 0 Å². The Bertz CT molecular complexity index is 392. The van der Waals surface area contributed by atoms with Crippen molar-refractivity contribution < 1.29 is 28.9 Å². The van der Waals surface area contributed by atoms with Crippen LogP contribution in [-0.4, -0.2) is 47.6 Å². The van der Waals surface area contributed by atoms with Gasteiger partial charge in [-0.2, -0.15) is 0 Å². The lowest BCUT2D eigenvalue weighted by molar-refractivity contribution is -0.175. The van der Waals surface area contributed by atoms with Crippen molar-refractivity contribution in [3.8, 4) is 0 Å². The van der Waals surface area contributed by atoms with E-state index in [1.165, 1.54) is 0 Å². The molecule has 0 spiro atoms. The van der Waals surface area contributed by atoms with E-state index in [4.69, 9.17) is 14.2 Å². The number of rotatable bonds is 1. The zero-order chi connectivity index (χ0) is 13.0. The average Bonchev–Trinajstić information content (AvgIpc) is 2.78. The van der Waals surface area contributed by atoms with E-state index in [1.54, 1.807) is 13.8 Å². The first kappa shape index (κ1) is 11.9. The maximum absolute atomic E-state index is 11.9. The van der Waals surface area contributed by atoms with Crippen LogP contribution in [0, 0.1) is 11.8 Å². The summed E-state index contributed by atoms with van der Waals surface area (Å²) in [4.78, 5) is 23.3. The number of hydrogen-bond donors (Lipinski definition) is 1. The first-order valence-corrected chi connectivity index (χ1v) is 6.22. The summed E-state index contributed by atoms with van der Waals surface area (Å²) in [5.74, 6) is -1.33. The Morgan fingerprint density at radius 3 is 2.67 bits per heavy atom. The summed E-state index contributed by atoms with van der Waals surface area (Å²) >= 11 is 0. The van der Waals surface area contributed by atoms with Crippen molar-refractivity contribution in [3.63, 3.8) is 0 Å². The van der Waals surface area contributed by atoms with Gasteiger partial charge in [0.25, 0.3) is 0 Å². The van der Waals surface area contributed by atoms with E-state index in [-0.39, 0.29) is 36.5 Å². The first-order valence-electron chi connectivity index (χ1n) is 6.22. The zero-order valence-corrected chi connectivity index (χ0v) is 10.2. The predicted molar refractivity (Wildman–Crippen MR) is 57.4 cm³/mol. The number of hydrogen-bond acceptors (Lipinski definition) is 6. The molecule has 7 atom stereocenters. The van der Waals surface area contributed by atoms with Crippen molar-refractivity contribution in [2.24, 2.45) is 11.8 Å². The molecule has 0 aromatic rings. The quantitative estimate of drug-likeness (QED) is 0.644. The molecule has 1 N–H and O–H groups in total. The topological polar surface area (TPSA) is 82.1 Å². The maximum Gasteiger partial charge on any atom is 0.312 e. The molecule has 0 saturated carbocycles. The highest BCUT2D eigenvalue weighted by molar-refractivity contribution is 5.79. The number of aliphatic hydroxyl groups excluding tert-OH is 1. The number of carbonyl (C=O) groups is 2. The van der Waals surface area contributed by atoms with Crippen molar-refractivity contribution in [1.29, 1.82) is 0 Å². The van der Waals surface area contributed by atoms with E-state index in [0.29, 0.717) is 0 Å². The Kier molecular flexibility index (Phi) is 2.60. The molecule has 3 rings (SSSR count). The van der Waals surface area contributed by atoms with Crippen molar-refractivity contribution in [1.82, 2.24) is 0 Å². The Morgan fingerprint density at radius 1 is 1.28 bits per heavy atom. The standard InChI is InChI=1S/C12H16O6/c1-4(13)9-11-8(12(15)18-9)6-3-7(14)16-5(2)10(6)17-11/h4-6,8-11,13H,3H2,1-2H3/t4-,5-,6+,8-,9+,10+,11+/m0/s1. The summed E-state index contributed by atoms with van der Waals surface area (Å²) in [6.07, 6.45) is -2.34. The highest BCUT2D eigenvalue weighted by atomic mass is 16.6. The minimum atomic E-state index is -0.781. The van der Waals surface area contributed by atoms with Crippen molar-refractivity contribution in [3.05, 3.63) is 0 Å². The fourth-order valence-electron chi connectivity index (χ4n) is 3.28. The van der Waals surface area contributed by atoms with Gasteiger partial charge in [-0.1, -0.05) is 0 Å². The summed E-state index contributed by atoms with van der Waals surface area (Å²) in [6.45, 7) is 3.33. The second kappa shape index (κ2) is 3.93. The van der Waals surface area contributed by atoms with Crippen LogP contribution in [-0.2, 0) is 23.8 Å². The first-order chi connectivity index (χ1) is 8.49. The molecule has 3 saturated heterocycles. The highest BCUT2D eigenvalue weighted by Crippen LogP contribution is 2.46. The van der Waals surface area contributed by atoms with Gasteiger partial charge in [0.05, 0.1) is 24.5 Å². The number of ether oxygens (including phenoxy) is 3. The lowest BCUT2D eigenvalue weighted by Crippen LogP contribution is -2.42. The summed E-state index contributed by atoms with van der Waals surface area (Å²) in [5, 5.41) is 9.61. The fourth-order valence-corrected chi connectivity index (χ4v) is 3.28. The maximum atomic E-state index is 11.9. The molecule has 3 aliphatic rings. The van der Waals surface area contributed by atoms with Gasteiger partial charge >= 0.3 is 11.9 Å². The van der Waals surface area contributed by atoms with E-state index in [0.717, 1.165) is 0 Å². The number of cyclic esters (lactones) is 2. The monoisotopic (exact) mass is 256 g/mol. The molecule has 0 aromatic carbocycles. The lowest BCUT2D eigenvalue weighted by Gasteiger charge is -2.31. The molecule has 0 bridgehead atoms. The summed E-state index contributed by atoms with van der Waals surface area (Å²) in [6, 6.07) is 0. The van der Waals surface area contributed by atoms with Crippen LogP contribution in [0.15, 0.2) is 0 Å². The Labute approximate surface area is 104 Å². The zero-order valence-electron chi connectivity index (χ0n) is 10.2. The van der Waals surface area contributed by atoms with Gasteiger partial charge < -0.3 is 19.3 Å². The largest absolute Gasteiger partial charge is 0.460 e. The number of fused-ring (bicyclic) bond motifs is 3. The molecule has 100 valence electrons. The van der Waals surface area contributed by atoms with E-state index >= 15 is 0 Å². The van der Waals surface area contributed by atoms with Crippen LogP contribution in [0.1, 0.15) is 20.3 Å². The molecule has 6 heteroatoms. The van der Waals surface area contributed by atoms with Crippen molar-refractivity contribution in [2.75, 3.05) is 0 Å². The van der Waals surface area contributed by atoms with Gasteiger partial charge in [0.15, 0.2) is 6.10 Å². The molecule has 6 nitrogen and oxygen atoms in total. The van der Waals surface area contributed by atoms with Gasteiger partial charge in [-0.05, 0) is 13.8 Å². The highest BCUT2D eigenvalue weighted by Gasteiger charge is 2.61. The van der Waals surface area contributed by atoms with Crippen LogP contribution in [0.4, 0.5) is 0 Å². The summed E-state index contributed by atoms with van der Waals surface area (Å²) < 4.78 is 16.1. The van der Waals surface area contributed by atoms with Crippen LogP contribution >= 0.6 is 0 Å². The molecule has 18 heavy (non-hydrogen) atoms. The molecule has 0 aliphatic carbocycles. The van der Waals surface area contributed by atoms with Crippen LogP contribution in [0.3, 0.4) is 0 Å². The summed E-state index contributed by atoms with van der Waals surface area (Å²) in [7, 11) is 0. The van der Waals surface area contributed by atoms with Gasteiger partial charge in [0.2, 0.25) is 0 Å². The molecular weight excluding hydrogens is 240 g/mol. The summed E-state index contributed by atoms with van der Waals surface area (Å²) in [5.41, 5.74) is 0. The molecule has 3 aliphatic heterocycles. The Hall–Kier alpha value is -1.14. The molecular formula is C12H16O6. The smallest absolute Gasteiger partial charge is 0.312 e. The average molecular weight is 256 g/mol. The third-order valence-electron chi connectivity index (χ3n) is 4.06. The van der Waals surface area contributed by atoms with E-state index in [2.05, 4.69) is 0 Å². The minimum absolute atomic E-state index is 0.178. The molecule has 0 amide bonds. The van der Waals surface area contributed by atoms with E-state index < -0.39 is 24.2 Å². The Morgan fingerprint density at radius 2 is 2.00 bits per heavy atom. The molecule has 0 radical (unpaired) electrons. The second-order valence-corrected chi connectivity index (χ2v) is 5.30. The predicted octanol–water partition coefficient (Wildman–Crippen LogP) is -0.372. The molecule has 0 unspecified atom stereocenters. The lowest BCUT2D eigenvalue weighted by atomic mass is 9.81. The fraction of sp³-hybridized carbons (Fsp3) is 0.833. The van der Waals surface area contributed by atoms with E-state index in [9.17, 15) is 14.7 Å². The normalized spacial score (nSPS) is 48.2. The van der Waals surface area contributed by atoms with Gasteiger partial charge in [-0.15, -0.1) is 0 Å². The third kappa shape index (κ3) is 1.55. The van der Waals surface area contributed by atoms with Gasteiger partial charge in [-0.3, -0.25) is 9.59 Å². The van der Waals surface area contributed by atoms with Crippen LogP contribution in [0.5, 0.6) is 0 Å². The SMILES string of the molecule is C[C@H](O)[C@H]1OC(=O)[C@H]2[C@H]3CC(=O)O[C@@H](C)[C@H]3O[C@@H]12. The van der Waals surface area contributed by atoms with Crippen LogP contribution < -0.4 is 0 Å². The van der Waals surface area contributed by atoms with Crippen LogP contribution in [0.2, 0.25) is 0 Å². The van der Waals surface area contributed by atoms with Gasteiger partial charge in [0, 0.05) is 5.92 Å². The van der Waals surface area contributed by atoms with Crippen molar-refractivity contribution >= 4 is 11.9 Å². The van der Waals surface area contributed by atoms with Gasteiger partial charge in [0.1, 0.15) is 12.2 Å². The van der Waals surface area contributed by atoms with E-state index in [1.807, 2.05) is 0 Å². The second-order valence-electron chi connectivity index (χ2n) is 5.30. The minimum Gasteiger partial charge on any atom is -0.460 e. The Balaban J connectivity index is 1.88. The molecule has 0 aromatic heterocycles. The van der Waals surface area contributed by atoms with Gasteiger partial charge in [-0.25, -0.2) is 0 Å². The number of carbonyl (C=O) groups excluding carboxylic acids is 2. The number of esters is 2. The molecule has 3 heterocycles. The van der Waals surface area contributed by atoms with Crippen molar-refractivity contribution in [2.45, 2.75) is 50.8 Å². The third-order valence-corrected chi connectivity index (χ3v) is 4.06. The number of aliphatic hydroxyl groups is 1.